The van der Waals surface area contributed by atoms with E-state index in [1.807, 2.05) is 48.5 Å². The first-order chi connectivity index (χ1) is 11.3. The molecule has 0 aliphatic carbocycles. The Labute approximate surface area is 135 Å². The Hall–Kier alpha value is -2.59. The standard InChI is InChI=1S/C19H19NO3/c1-22-18-10-15-7-8-20-12-16(15)11-19(18)23-13-17(21)9-14-5-3-2-4-6-14/h2-8,10-12,17,21H,9,13H2,1H3. The largest absolute Gasteiger partial charge is 0.493 e. The van der Waals surface area contributed by atoms with E-state index in [0.717, 1.165) is 16.3 Å². The Balaban J connectivity index is 1.70. The Morgan fingerprint density at radius 3 is 2.61 bits per heavy atom. The maximum absolute atomic E-state index is 10.2. The zero-order valence-electron chi connectivity index (χ0n) is 13.0. The first-order valence-electron chi connectivity index (χ1n) is 7.53. The fourth-order valence-corrected chi connectivity index (χ4v) is 2.50. The molecule has 0 fully saturated rings. The van der Waals surface area contributed by atoms with Crippen LogP contribution in [0.3, 0.4) is 0 Å². The number of aliphatic hydroxyl groups is 1. The minimum atomic E-state index is -0.577. The number of pyridine rings is 1. The van der Waals surface area contributed by atoms with E-state index in [4.69, 9.17) is 9.47 Å². The first-order valence-corrected chi connectivity index (χ1v) is 7.53. The number of ether oxygens (including phenoxy) is 2. The van der Waals surface area contributed by atoms with Gasteiger partial charge in [0.25, 0.3) is 0 Å². The van der Waals surface area contributed by atoms with Gasteiger partial charge >= 0.3 is 0 Å². The van der Waals surface area contributed by atoms with E-state index in [1.54, 1.807) is 19.5 Å². The van der Waals surface area contributed by atoms with E-state index in [9.17, 15) is 5.11 Å². The summed E-state index contributed by atoms with van der Waals surface area (Å²) in [6.07, 6.45) is 3.50. The normalized spacial score (nSPS) is 12.1. The van der Waals surface area contributed by atoms with Crippen LogP contribution in [0.2, 0.25) is 0 Å². The first kappa shape index (κ1) is 15.3. The highest BCUT2D eigenvalue weighted by atomic mass is 16.5. The molecule has 1 atom stereocenters. The van der Waals surface area contributed by atoms with Gasteiger partial charge in [-0.3, -0.25) is 4.98 Å². The monoisotopic (exact) mass is 309 g/mol. The average Bonchev–Trinajstić information content (AvgIpc) is 2.60. The van der Waals surface area contributed by atoms with Crippen molar-refractivity contribution in [2.45, 2.75) is 12.5 Å². The minimum absolute atomic E-state index is 0.205. The predicted octanol–water partition coefficient (Wildman–Crippen LogP) is 3.23. The van der Waals surface area contributed by atoms with Crippen molar-refractivity contribution in [2.75, 3.05) is 13.7 Å². The van der Waals surface area contributed by atoms with Crippen LogP contribution in [-0.4, -0.2) is 29.9 Å². The molecule has 4 nitrogen and oxygen atoms in total. The van der Waals surface area contributed by atoms with Crippen LogP contribution in [0, 0.1) is 0 Å². The molecule has 3 rings (SSSR count). The second-order valence-electron chi connectivity index (χ2n) is 5.38. The number of hydrogen-bond acceptors (Lipinski definition) is 4. The molecule has 1 aromatic heterocycles. The van der Waals surface area contributed by atoms with Crippen molar-refractivity contribution < 1.29 is 14.6 Å². The number of rotatable bonds is 6. The molecule has 0 amide bonds. The molecule has 4 heteroatoms. The lowest BCUT2D eigenvalue weighted by atomic mass is 10.1. The molecule has 23 heavy (non-hydrogen) atoms. The summed E-state index contributed by atoms with van der Waals surface area (Å²) in [5.74, 6) is 1.26. The molecule has 0 aliphatic heterocycles. The second kappa shape index (κ2) is 7.11. The third kappa shape index (κ3) is 3.79. The molecular formula is C19H19NO3. The van der Waals surface area contributed by atoms with Gasteiger partial charge in [0, 0.05) is 24.2 Å². The van der Waals surface area contributed by atoms with Crippen molar-refractivity contribution in [3.8, 4) is 11.5 Å². The SMILES string of the molecule is COc1cc2ccncc2cc1OCC(O)Cc1ccccc1. The average molecular weight is 309 g/mol. The van der Waals surface area contributed by atoms with Gasteiger partial charge in [-0.15, -0.1) is 0 Å². The van der Waals surface area contributed by atoms with Crippen LogP contribution < -0.4 is 9.47 Å². The van der Waals surface area contributed by atoms with Gasteiger partial charge in [0.05, 0.1) is 13.2 Å². The maximum atomic E-state index is 10.2. The minimum Gasteiger partial charge on any atom is -0.493 e. The van der Waals surface area contributed by atoms with E-state index >= 15 is 0 Å². The lowest BCUT2D eigenvalue weighted by Crippen LogP contribution is -2.20. The van der Waals surface area contributed by atoms with Crippen LogP contribution in [0.1, 0.15) is 5.56 Å². The lowest BCUT2D eigenvalue weighted by molar-refractivity contribution is 0.106. The molecule has 0 radical (unpaired) electrons. The molecule has 0 saturated carbocycles. The molecule has 0 bridgehead atoms. The van der Waals surface area contributed by atoms with Crippen LogP contribution in [0.15, 0.2) is 60.9 Å². The number of aliphatic hydroxyl groups excluding tert-OH is 1. The van der Waals surface area contributed by atoms with Crippen molar-refractivity contribution in [3.63, 3.8) is 0 Å². The quantitative estimate of drug-likeness (QED) is 0.759. The Kier molecular flexibility index (Phi) is 4.74. The zero-order valence-corrected chi connectivity index (χ0v) is 13.0. The number of methoxy groups -OCH3 is 1. The molecule has 3 aromatic rings. The highest BCUT2D eigenvalue weighted by Gasteiger charge is 2.11. The van der Waals surface area contributed by atoms with E-state index in [0.29, 0.717) is 17.9 Å². The number of benzene rings is 2. The Morgan fingerprint density at radius 2 is 1.83 bits per heavy atom. The highest BCUT2D eigenvalue weighted by molar-refractivity contribution is 5.85. The Morgan fingerprint density at radius 1 is 1.04 bits per heavy atom. The summed E-state index contributed by atoms with van der Waals surface area (Å²) in [5, 5.41) is 12.2. The van der Waals surface area contributed by atoms with E-state index in [1.165, 1.54) is 0 Å². The fraction of sp³-hybridized carbons (Fsp3) is 0.211. The van der Waals surface area contributed by atoms with Gasteiger partial charge in [-0.25, -0.2) is 0 Å². The third-order valence-electron chi connectivity index (χ3n) is 3.67. The number of fused-ring (bicyclic) bond motifs is 1. The van der Waals surface area contributed by atoms with Gasteiger partial charge in [0.2, 0.25) is 0 Å². The van der Waals surface area contributed by atoms with Crippen molar-refractivity contribution in [1.82, 2.24) is 4.98 Å². The van der Waals surface area contributed by atoms with Crippen molar-refractivity contribution in [3.05, 3.63) is 66.5 Å². The third-order valence-corrected chi connectivity index (χ3v) is 3.67. The lowest BCUT2D eigenvalue weighted by Gasteiger charge is -2.15. The van der Waals surface area contributed by atoms with Gasteiger partial charge in [-0.1, -0.05) is 30.3 Å². The van der Waals surface area contributed by atoms with Gasteiger partial charge in [-0.05, 0) is 29.1 Å². The molecule has 1 heterocycles. The number of nitrogens with zero attached hydrogens (tertiary/aromatic N) is 1. The van der Waals surface area contributed by atoms with Crippen LogP contribution in [-0.2, 0) is 6.42 Å². The molecule has 118 valence electrons. The van der Waals surface area contributed by atoms with Gasteiger partial charge in [0.1, 0.15) is 6.61 Å². The number of aromatic nitrogens is 1. The zero-order chi connectivity index (χ0) is 16.1. The molecule has 0 spiro atoms. The van der Waals surface area contributed by atoms with Crippen molar-refractivity contribution >= 4 is 10.8 Å². The molecule has 0 saturated heterocycles. The van der Waals surface area contributed by atoms with Crippen LogP contribution in [0.25, 0.3) is 10.8 Å². The van der Waals surface area contributed by atoms with Gasteiger partial charge < -0.3 is 14.6 Å². The summed E-state index contributed by atoms with van der Waals surface area (Å²) in [6.45, 7) is 0.205. The van der Waals surface area contributed by atoms with E-state index < -0.39 is 6.10 Å². The Bertz CT molecular complexity index is 774. The van der Waals surface area contributed by atoms with E-state index in [2.05, 4.69) is 4.98 Å². The molecule has 2 aromatic carbocycles. The summed E-state index contributed by atoms with van der Waals surface area (Å²) >= 11 is 0. The fourth-order valence-electron chi connectivity index (χ4n) is 2.50. The smallest absolute Gasteiger partial charge is 0.161 e. The molecule has 1 N–H and O–H groups in total. The molecule has 0 aliphatic rings. The topological polar surface area (TPSA) is 51.6 Å². The van der Waals surface area contributed by atoms with E-state index in [-0.39, 0.29) is 6.61 Å². The summed E-state index contributed by atoms with van der Waals surface area (Å²) in [7, 11) is 1.61. The van der Waals surface area contributed by atoms with Crippen LogP contribution >= 0.6 is 0 Å². The van der Waals surface area contributed by atoms with Crippen LogP contribution in [0.5, 0.6) is 11.5 Å². The molecule has 1 unspecified atom stereocenters. The van der Waals surface area contributed by atoms with Gasteiger partial charge in [-0.2, -0.15) is 0 Å². The summed E-state index contributed by atoms with van der Waals surface area (Å²) in [6, 6.07) is 15.6. The predicted molar refractivity (Wildman–Crippen MR) is 89.9 cm³/mol. The van der Waals surface area contributed by atoms with Crippen molar-refractivity contribution in [1.29, 1.82) is 0 Å². The summed E-state index contributed by atoms with van der Waals surface area (Å²) < 4.78 is 11.1. The molecular weight excluding hydrogens is 290 g/mol. The van der Waals surface area contributed by atoms with Crippen LogP contribution in [0.4, 0.5) is 0 Å². The highest BCUT2D eigenvalue weighted by Crippen LogP contribution is 2.32. The summed E-state index contributed by atoms with van der Waals surface area (Å²) in [5.41, 5.74) is 1.08. The maximum Gasteiger partial charge on any atom is 0.161 e. The van der Waals surface area contributed by atoms with Gasteiger partial charge in [0.15, 0.2) is 11.5 Å². The van der Waals surface area contributed by atoms with Crippen molar-refractivity contribution in [2.24, 2.45) is 0 Å². The second-order valence-corrected chi connectivity index (χ2v) is 5.38. The number of hydrogen-bond donors (Lipinski definition) is 1. The summed E-state index contributed by atoms with van der Waals surface area (Å²) in [4.78, 5) is 4.11.